The van der Waals surface area contributed by atoms with Crippen LogP contribution in [0.25, 0.3) is 11.0 Å². The predicted octanol–water partition coefficient (Wildman–Crippen LogP) is 0.490. The number of amides is 2. The van der Waals surface area contributed by atoms with Gasteiger partial charge in [0.1, 0.15) is 12.2 Å². The van der Waals surface area contributed by atoms with Crippen molar-refractivity contribution in [2.24, 2.45) is 0 Å². The molecule has 1 aliphatic rings. The molecule has 0 spiro atoms. The summed E-state index contributed by atoms with van der Waals surface area (Å²) in [5.41, 5.74) is 1.45. The summed E-state index contributed by atoms with van der Waals surface area (Å²) >= 11 is 0. The van der Waals surface area contributed by atoms with Crippen LogP contribution in [0.5, 0.6) is 0 Å². The van der Waals surface area contributed by atoms with Crippen molar-refractivity contribution in [1.82, 2.24) is 15.3 Å². The number of carbonyl (C=O) groups excluding carboxylic acids is 3. The van der Waals surface area contributed by atoms with E-state index >= 15 is 0 Å². The topological polar surface area (TPSA) is 133 Å². The Morgan fingerprint density at radius 1 is 1.21 bits per heavy atom. The maximum Gasteiger partial charge on any atom is 0.552 e. The molecular weight excluding hydrogens is 379 g/mol. The number of anilines is 1. The van der Waals surface area contributed by atoms with Gasteiger partial charge in [-0.15, -0.1) is 0 Å². The molecule has 10 nitrogen and oxygen atoms in total. The second-order valence-electron chi connectivity index (χ2n) is 6.26. The molecule has 1 aromatic carbocycles. The molecule has 0 saturated carbocycles. The van der Waals surface area contributed by atoms with Gasteiger partial charge < -0.3 is 24.4 Å². The van der Waals surface area contributed by atoms with E-state index in [4.69, 9.17) is 13.7 Å². The number of rotatable bonds is 5. The molecule has 1 saturated heterocycles. The van der Waals surface area contributed by atoms with Gasteiger partial charge in [-0.25, -0.2) is 4.98 Å². The summed E-state index contributed by atoms with van der Waals surface area (Å²) in [4.78, 5) is 43.7. The molecule has 1 fully saturated rings. The zero-order valence-corrected chi connectivity index (χ0v) is 15.0. The first kappa shape index (κ1) is 18.6. The lowest BCUT2D eigenvalue weighted by Gasteiger charge is -2.18. The minimum absolute atomic E-state index is 0.133. The maximum absolute atomic E-state index is 12.4. The lowest BCUT2D eigenvalue weighted by Crippen LogP contribution is -2.51. The van der Waals surface area contributed by atoms with E-state index < -0.39 is 30.8 Å². The molecule has 3 aromatic rings. The number of furan rings is 1. The fourth-order valence-corrected chi connectivity index (χ4v) is 2.96. The van der Waals surface area contributed by atoms with E-state index in [2.05, 4.69) is 20.6 Å². The van der Waals surface area contributed by atoms with E-state index in [0.29, 0.717) is 5.58 Å². The van der Waals surface area contributed by atoms with Crippen LogP contribution in [-0.2, 0) is 30.1 Å². The van der Waals surface area contributed by atoms with Crippen LogP contribution in [0.4, 0.5) is 5.82 Å². The summed E-state index contributed by atoms with van der Waals surface area (Å²) in [6.45, 7) is -0.227. The number of carbonyl (C=O) groups is 3. The van der Waals surface area contributed by atoms with E-state index in [1.165, 1.54) is 18.6 Å². The van der Waals surface area contributed by atoms with Gasteiger partial charge in [-0.1, -0.05) is 18.2 Å². The van der Waals surface area contributed by atoms with E-state index in [1.807, 2.05) is 24.3 Å². The summed E-state index contributed by atoms with van der Waals surface area (Å²) in [5, 5.41) is 5.75. The van der Waals surface area contributed by atoms with Crippen molar-refractivity contribution in [3.05, 3.63) is 54.7 Å². The summed E-state index contributed by atoms with van der Waals surface area (Å²) < 4.78 is 15.9. The van der Waals surface area contributed by atoms with Crippen LogP contribution in [0.15, 0.2) is 53.5 Å². The molecule has 3 heterocycles. The van der Waals surface area contributed by atoms with Crippen molar-refractivity contribution < 1.29 is 28.1 Å². The van der Waals surface area contributed by atoms with E-state index in [1.54, 1.807) is 6.26 Å². The smallest absolute Gasteiger partial charge is 0.507 e. The number of benzene rings is 1. The quantitative estimate of drug-likeness (QED) is 0.472. The Morgan fingerprint density at radius 2 is 2.07 bits per heavy atom. The highest BCUT2D eigenvalue weighted by atomic mass is 16.7. The third kappa shape index (κ3) is 4.24. The van der Waals surface area contributed by atoms with Crippen molar-refractivity contribution >= 4 is 41.7 Å². The van der Waals surface area contributed by atoms with Gasteiger partial charge in [0, 0.05) is 17.8 Å². The standard InChI is InChI=1S/C18H15BN4O6/c24-16-10-28-19(29-16)14(7-11-9-27-13-4-2-1-3-12(11)13)22-17(25)18(26)23-15-8-20-5-6-21-15/h1-6,8-9,14H,7,10H2,(H,22,25)(H,21,23,26). The van der Waals surface area contributed by atoms with Gasteiger partial charge in [0.05, 0.1) is 18.4 Å². The second kappa shape index (κ2) is 8.11. The van der Waals surface area contributed by atoms with Crippen LogP contribution in [0.2, 0.25) is 0 Å². The first-order chi connectivity index (χ1) is 14.1. The molecular formula is C18H15BN4O6. The molecule has 29 heavy (non-hydrogen) atoms. The fourth-order valence-electron chi connectivity index (χ4n) is 2.96. The maximum atomic E-state index is 12.4. The predicted molar refractivity (Wildman–Crippen MR) is 100 cm³/mol. The molecule has 0 aliphatic carbocycles. The van der Waals surface area contributed by atoms with Crippen molar-refractivity contribution in [2.45, 2.75) is 12.4 Å². The lowest BCUT2D eigenvalue weighted by atomic mass is 9.75. The van der Waals surface area contributed by atoms with Gasteiger partial charge in [-0.3, -0.25) is 19.4 Å². The molecule has 1 atom stereocenters. The minimum Gasteiger partial charge on any atom is -0.507 e. The van der Waals surface area contributed by atoms with Gasteiger partial charge in [0.15, 0.2) is 5.82 Å². The number of hydrogen-bond acceptors (Lipinski definition) is 8. The van der Waals surface area contributed by atoms with E-state index in [-0.39, 0.29) is 18.8 Å². The van der Waals surface area contributed by atoms with Crippen molar-refractivity contribution in [3.8, 4) is 0 Å². The van der Waals surface area contributed by atoms with Crippen molar-refractivity contribution in [3.63, 3.8) is 0 Å². The highest BCUT2D eigenvalue weighted by molar-refractivity contribution is 6.52. The van der Waals surface area contributed by atoms with Gasteiger partial charge in [-0.2, -0.15) is 0 Å². The minimum atomic E-state index is -1.02. The average Bonchev–Trinajstić information content (AvgIpc) is 3.34. The number of fused-ring (bicyclic) bond motifs is 1. The largest absolute Gasteiger partial charge is 0.552 e. The number of nitrogens with one attached hydrogen (secondary N) is 2. The van der Waals surface area contributed by atoms with Gasteiger partial charge in [0.2, 0.25) is 0 Å². The molecule has 2 amide bonds. The summed E-state index contributed by atoms with van der Waals surface area (Å²) in [7, 11) is -1.02. The number of hydrogen-bond donors (Lipinski definition) is 2. The Bertz CT molecular complexity index is 1060. The van der Waals surface area contributed by atoms with Crippen LogP contribution >= 0.6 is 0 Å². The van der Waals surface area contributed by atoms with Crippen molar-refractivity contribution in [2.75, 3.05) is 11.9 Å². The number of nitrogens with zero attached hydrogens (tertiary/aromatic N) is 2. The molecule has 2 N–H and O–H groups in total. The highest BCUT2D eigenvalue weighted by Gasteiger charge is 2.41. The third-order valence-electron chi connectivity index (χ3n) is 4.27. The number of aromatic nitrogens is 2. The normalized spacial score (nSPS) is 14.5. The van der Waals surface area contributed by atoms with Crippen LogP contribution in [-0.4, -0.2) is 47.4 Å². The van der Waals surface area contributed by atoms with Gasteiger partial charge >= 0.3 is 24.9 Å². The third-order valence-corrected chi connectivity index (χ3v) is 4.27. The van der Waals surface area contributed by atoms with Crippen LogP contribution < -0.4 is 10.6 Å². The lowest BCUT2D eigenvalue weighted by molar-refractivity contribution is -0.136. The Kier molecular flexibility index (Phi) is 5.21. The Hall–Kier alpha value is -3.73. The Morgan fingerprint density at radius 3 is 2.83 bits per heavy atom. The first-order valence-corrected chi connectivity index (χ1v) is 8.74. The summed E-state index contributed by atoms with van der Waals surface area (Å²) in [6.07, 6.45) is 5.90. The van der Waals surface area contributed by atoms with Gasteiger partial charge in [0.25, 0.3) is 0 Å². The van der Waals surface area contributed by atoms with Crippen molar-refractivity contribution in [1.29, 1.82) is 0 Å². The van der Waals surface area contributed by atoms with E-state index in [0.717, 1.165) is 10.9 Å². The summed E-state index contributed by atoms with van der Waals surface area (Å²) in [6, 6.07) is 7.38. The van der Waals surface area contributed by atoms with Gasteiger partial charge in [-0.05, 0) is 18.1 Å². The number of para-hydroxylation sites is 1. The Balaban J connectivity index is 1.50. The average molecular weight is 394 g/mol. The zero-order chi connectivity index (χ0) is 20.2. The molecule has 11 heteroatoms. The van der Waals surface area contributed by atoms with E-state index in [9.17, 15) is 14.4 Å². The van der Waals surface area contributed by atoms with Crippen LogP contribution in [0.1, 0.15) is 5.56 Å². The summed E-state index contributed by atoms with van der Waals surface area (Å²) in [5.74, 6) is -3.08. The fraction of sp³-hybridized carbons (Fsp3) is 0.167. The first-order valence-electron chi connectivity index (χ1n) is 8.74. The van der Waals surface area contributed by atoms with Crippen LogP contribution in [0.3, 0.4) is 0 Å². The molecule has 0 radical (unpaired) electrons. The SMILES string of the molecule is O=C1COB(C(Cc2coc3ccccc23)NC(=O)C(=O)Nc2cnccn2)O1. The Labute approximate surface area is 164 Å². The molecule has 2 aromatic heterocycles. The molecule has 146 valence electrons. The molecule has 1 aliphatic heterocycles. The van der Waals surface area contributed by atoms with Crippen LogP contribution in [0, 0.1) is 0 Å². The molecule has 4 rings (SSSR count). The molecule has 0 bridgehead atoms. The molecule has 1 unspecified atom stereocenters. The monoisotopic (exact) mass is 394 g/mol. The highest BCUT2D eigenvalue weighted by Crippen LogP contribution is 2.23. The second-order valence-corrected chi connectivity index (χ2v) is 6.26. The zero-order valence-electron chi connectivity index (χ0n) is 15.0.